The van der Waals surface area contributed by atoms with Crippen molar-refractivity contribution in [2.24, 2.45) is 0 Å². The molecular weight excluding hydrogens is 280 g/mol. The molecular formula is C11H11ClN8. The molecule has 102 valence electrons. The third-order valence-corrected chi connectivity index (χ3v) is 2.78. The second-order valence-corrected chi connectivity index (χ2v) is 4.72. The summed E-state index contributed by atoms with van der Waals surface area (Å²) in [5, 5.41) is 8.44. The van der Waals surface area contributed by atoms with Crippen LogP contribution in [0.4, 0.5) is 0 Å². The number of aromatic nitrogens is 8. The summed E-state index contributed by atoms with van der Waals surface area (Å²) in [7, 11) is 0. The molecule has 8 nitrogen and oxygen atoms in total. The van der Waals surface area contributed by atoms with Crippen molar-refractivity contribution in [1.82, 2.24) is 39.5 Å². The fraction of sp³-hybridized carbons (Fsp3) is 0.273. The Morgan fingerprint density at radius 1 is 1.10 bits per heavy atom. The van der Waals surface area contributed by atoms with Gasteiger partial charge >= 0.3 is 0 Å². The topological polar surface area (TPSA) is 87.2 Å². The SMILES string of the molecule is CC(C)c1ccn(-c2nc(Cl)nc(-n3cncn3)n2)n1. The van der Waals surface area contributed by atoms with Crippen LogP contribution in [0.2, 0.25) is 5.28 Å². The lowest BCUT2D eigenvalue weighted by Crippen LogP contribution is -2.10. The van der Waals surface area contributed by atoms with E-state index < -0.39 is 0 Å². The van der Waals surface area contributed by atoms with E-state index in [1.54, 1.807) is 10.9 Å². The molecule has 0 aliphatic carbocycles. The monoisotopic (exact) mass is 290 g/mol. The van der Waals surface area contributed by atoms with E-state index in [-0.39, 0.29) is 5.28 Å². The van der Waals surface area contributed by atoms with Crippen LogP contribution in [0.5, 0.6) is 0 Å². The molecule has 3 heterocycles. The summed E-state index contributed by atoms with van der Waals surface area (Å²) in [6.07, 6.45) is 4.66. The van der Waals surface area contributed by atoms with Gasteiger partial charge < -0.3 is 0 Å². The maximum atomic E-state index is 5.92. The zero-order chi connectivity index (χ0) is 14.1. The summed E-state index contributed by atoms with van der Waals surface area (Å²) < 4.78 is 2.97. The van der Waals surface area contributed by atoms with Gasteiger partial charge in [0.2, 0.25) is 5.28 Å². The van der Waals surface area contributed by atoms with Crippen molar-refractivity contribution in [2.75, 3.05) is 0 Å². The normalized spacial score (nSPS) is 11.2. The second-order valence-electron chi connectivity index (χ2n) is 4.38. The molecule has 0 N–H and O–H groups in total. The van der Waals surface area contributed by atoms with Crippen molar-refractivity contribution in [3.63, 3.8) is 0 Å². The first-order valence-electron chi connectivity index (χ1n) is 5.96. The molecule has 0 saturated heterocycles. The first-order chi connectivity index (χ1) is 9.63. The average Bonchev–Trinajstić information content (AvgIpc) is 3.10. The summed E-state index contributed by atoms with van der Waals surface area (Å²) in [4.78, 5) is 16.2. The Hall–Kier alpha value is -2.35. The largest absolute Gasteiger partial charge is 0.258 e. The molecule has 3 aromatic rings. The summed E-state index contributed by atoms with van der Waals surface area (Å²) in [6, 6.07) is 1.91. The van der Waals surface area contributed by atoms with Crippen molar-refractivity contribution in [3.05, 3.63) is 35.9 Å². The number of halogens is 1. The molecule has 3 aromatic heterocycles. The molecule has 0 aliphatic rings. The smallest absolute Gasteiger partial charge is 0.223 e. The lowest BCUT2D eigenvalue weighted by atomic mass is 10.1. The van der Waals surface area contributed by atoms with Gasteiger partial charge in [0.05, 0.1) is 5.69 Å². The molecule has 0 atom stereocenters. The van der Waals surface area contributed by atoms with Gasteiger partial charge in [0, 0.05) is 6.20 Å². The van der Waals surface area contributed by atoms with E-state index >= 15 is 0 Å². The predicted molar refractivity (Wildman–Crippen MR) is 71.0 cm³/mol. The first kappa shape index (κ1) is 12.7. The van der Waals surface area contributed by atoms with E-state index in [1.807, 2.05) is 6.07 Å². The van der Waals surface area contributed by atoms with Crippen LogP contribution in [0.25, 0.3) is 11.9 Å². The van der Waals surface area contributed by atoms with Gasteiger partial charge in [-0.05, 0) is 23.6 Å². The van der Waals surface area contributed by atoms with Gasteiger partial charge in [0.25, 0.3) is 11.9 Å². The Kier molecular flexibility index (Phi) is 3.15. The summed E-state index contributed by atoms with van der Waals surface area (Å²) >= 11 is 5.92. The van der Waals surface area contributed by atoms with Gasteiger partial charge in [-0.3, -0.25) is 0 Å². The van der Waals surface area contributed by atoms with Crippen LogP contribution in [-0.4, -0.2) is 39.5 Å². The number of hydrogen-bond donors (Lipinski definition) is 0. The van der Waals surface area contributed by atoms with E-state index in [2.05, 4.69) is 44.0 Å². The second kappa shape index (κ2) is 4.97. The number of hydrogen-bond acceptors (Lipinski definition) is 6. The quantitative estimate of drug-likeness (QED) is 0.725. The van der Waals surface area contributed by atoms with Crippen molar-refractivity contribution in [1.29, 1.82) is 0 Å². The van der Waals surface area contributed by atoms with E-state index in [0.717, 1.165) is 5.69 Å². The molecule has 9 heteroatoms. The van der Waals surface area contributed by atoms with Crippen molar-refractivity contribution < 1.29 is 0 Å². The van der Waals surface area contributed by atoms with Crippen LogP contribution >= 0.6 is 11.6 Å². The molecule has 0 aliphatic heterocycles. The van der Waals surface area contributed by atoms with Gasteiger partial charge in [-0.15, -0.1) is 0 Å². The van der Waals surface area contributed by atoms with Crippen LogP contribution in [0.1, 0.15) is 25.5 Å². The highest BCUT2D eigenvalue weighted by Gasteiger charge is 2.11. The molecule has 0 unspecified atom stereocenters. The minimum atomic E-state index is 0.0714. The van der Waals surface area contributed by atoms with Crippen molar-refractivity contribution in [2.45, 2.75) is 19.8 Å². The van der Waals surface area contributed by atoms with Gasteiger partial charge in [-0.1, -0.05) is 13.8 Å². The molecule has 0 bridgehead atoms. The maximum absolute atomic E-state index is 5.92. The van der Waals surface area contributed by atoms with E-state index in [0.29, 0.717) is 17.8 Å². The Balaban J connectivity index is 2.05. The zero-order valence-corrected chi connectivity index (χ0v) is 11.6. The van der Waals surface area contributed by atoms with Gasteiger partial charge in [0.1, 0.15) is 12.7 Å². The van der Waals surface area contributed by atoms with Gasteiger partial charge in [0.15, 0.2) is 0 Å². The number of rotatable bonds is 3. The lowest BCUT2D eigenvalue weighted by molar-refractivity contribution is 0.717. The maximum Gasteiger partial charge on any atom is 0.258 e. The van der Waals surface area contributed by atoms with E-state index in [1.165, 1.54) is 17.3 Å². The average molecular weight is 291 g/mol. The van der Waals surface area contributed by atoms with Crippen LogP contribution in [0, 0.1) is 0 Å². The van der Waals surface area contributed by atoms with Crippen molar-refractivity contribution in [3.8, 4) is 11.9 Å². The summed E-state index contributed by atoms with van der Waals surface area (Å²) in [5.74, 6) is 0.949. The van der Waals surface area contributed by atoms with Gasteiger partial charge in [-0.2, -0.15) is 29.8 Å². The summed E-state index contributed by atoms with van der Waals surface area (Å²) in [5.41, 5.74) is 0.948. The summed E-state index contributed by atoms with van der Waals surface area (Å²) in [6.45, 7) is 4.13. The van der Waals surface area contributed by atoms with Crippen LogP contribution < -0.4 is 0 Å². The standard InChI is InChI=1S/C11H11ClN8/c1-7(2)8-3-4-19(18-8)10-15-9(12)16-11(17-10)20-6-13-5-14-20/h3-7H,1-2H3. The highest BCUT2D eigenvalue weighted by molar-refractivity contribution is 6.28. The molecule has 0 saturated carbocycles. The Morgan fingerprint density at radius 3 is 2.45 bits per heavy atom. The predicted octanol–water partition coefficient (Wildman–Crippen LogP) is 1.41. The molecule has 0 fully saturated rings. The highest BCUT2D eigenvalue weighted by Crippen LogP contribution is 2.13. The molecule has 3 rings (SSSR count). The minimum Gasteiger partial charge on any atom is -0.223 e. The van der Waals surface area contributed by atoms with Crippen LogP contribution in [0.3, 0.4) is 0 Å². The third-order valence-electron chi connectivity index (χ3n) is 2.61. The Labute approximate surface area is 119 Å². The fourth-order valence-electron chi connectivity index (χ4n) is 1.60. The minimum absolute atomic E-state index is 0.0714. The molecule has 0 amide bonds. The van der Waals surface area contributed by atoms with E-state index in [4.69, 9.17) is 11.6 Å². The molecule has 0 aromatic carbocycles. The van der Waals surface area contributed by atoms with Crippen molar-refractivity contribution >= 4 is 11.6 Å². The molecule has 20 heavy (non-hydrogen) atoms. The first-order valence-corrected chi connectivity index (χ1v) is 6.34. The Morgan fingerprint density at radius 2 is 1.85 bits per heavy atom. The third kappa shape index (κ3) is 2.37. The molecule has 0 radical (unpaired) electrons. The Bertz CT molecular complexity index is 718. The highest BCUT2D eigenvalue weighted by atomic mass is 35.5. The zero-order valence-electron chi connectivity index (χ0n) is 10.8. The van der Waals surface area contributed by atoms with E-state index in [9.17, 15) is 0 Å². The number of nitrogens with zero attached hydrogens (tertiary/aromatic N) is 8. The van der Waals surface area contributed by atoms with Crippen LogP contribution in [-0.2, 0) is 0 Å². The lowest BCUT2D eigenvalue weighted by Gasteiger charge is -2.03. The van der Waals surface area contributed by atoms with Crippen LogP contribution in [0.15, 0.2) is 24.9 Å². The molecule has 0 spiro atoms. The van der Waals surface area contributed by atoms with Gasteiger partial charge in [-0.25, -0.2) is 9.67 Å². The fourth-order valence-corrected chi connectivity index (χ4v) is 1.75.